The minimum atomic E-state index is -0.781. The zero-order valence-electron chi connectivity index (χ0n) is 19.3. The van der Waals surface area contributed by atoms with Crippen LogP contribution >= 0.6 is 0 Å². The van der Waals surface area contributed by atoms with Crippen molar-refractivity contribution in [2.45, 2.75) is 13.0 Å². The molecule has 0 bridgehead atoms. The third kappa shape index (κ3) is 6.81. The highest BCUT2D eigenvalue weighted by Crippen LogP contribution is 2.18. The monoisotopic (exact) mass is 480 g/mol. The van der Waals surface area contributed by atoms with Gasteiger partial charge in [0, 0.05) is 32.3 Å². The van der Waals surface area contributed by atoms with Crippen molar-refractivity contribution < 1.29 is 14.3 Å². The predicted molar refractivity (Wildman–Crippen MR) is 134 cm³/mol. The molecule has 11 nitrogen and oxygen atoms in total. The van der Waals surface area contributed by atoms with E-state index in [4.69, 9.17) is 10.5 Å². The number of nitrogens with two attached hydrogens (primary N) is 1. The molecule has 3 amide bonds. The Morgan fingerprint density at radius 3 is 2.37 bits per heavy atom. The summed E-state index contributed by atoms with van der Waals surface area (Å²) >= 11 is 0. The van der Waals surface area contributed by atoms with E-state index in [1.807, 2.05) is 36.4 Å². The molecule has 0 saturated carbocycles. The van der Waals surface area contributed by atoms with Gasteiger partial charge in [0.05, 0.1) is 13.2 Å². The molecule has 0 aliphatic heterocycles. The topological polar surface area (TPSA) is 152 Å². The second-order valence-electron chi connectivity index (χ2n) is 7.60. The Morgan fingerprint density at radius 2 is 1.71 bits per heavy atom. The number of nitrogens with one attached hydrogen (secondary N) is 3. The number of nitrogen functional groups attached to an aromatic ring is 1. The number of rotatable bonds is 10. The molecule has 0 aliphatic rings. The number of carbonyl (C=O) groups excluding carboxylic acids is 2. The van der Waals surface area contributed by atoms with Gasteiger partial charge in [0.1, 0.15) is 5.82 Å². The zero-order chi connectivity index (χ0) is 25.2. The molecular formula is C24H28N6O5. The molecule has 2 aromatic carbocycles. The second-order valence-corrected chi connectivity index (χ2v) is 7.60. The van der Waals surface area contributed by atoms with Crippen molar-refractivity contribution in [3.8, 4) is 0 Å². The molecule has 3 aromatic rings. The van der Waals surface area contributed by atoms with Gasteiger partial charge in [0.15, 0.2) is 5.69 Å². The maximum atomic E-state index is 13.1. The standard InChI is InChI=1S/C24H28N6O5/c1-35-15-14-29(19(31)12-13-26-23(33)27-18-10-6-3-7-11-18)20-21(25)30(24(34)28-22(20)32)16-17-8-4-2-5-9-17/h2-11H,12-16,25H2,1H3,(H2,26,27,33)(H,28,32,34). The van der Waals surface area contributed by atoms with Crippen LogP contribution in [0.5, 0.6) is 0 Å². The minimum Gasteiger partial charge on any atom is -0.383 e. The van der Waals surface area contributed by atoms with Crippen LogP contribution in [0.2, 0.25) is 0 Å². The lowest BCUT2D eigenvalue weighted by Crippen LogP contribution is -2.43. The van der Waals surface area contributed by atoms with Crippen LogP contribution in [0.3, 0.4) is 0 Å². The zero-order valence-corrected chi connectivity index (χ0v) is 19.3. The molecule has 1 heterocycles. The fraction of sp³-hybridized carbons (Fsp3) is 0.250. The van der Waals surface area contributed by atoms with Gasteiger partial charge in [-0.05, 0) is 17.7 Å². The summed E-state index contributed by atoms with van der Waals surface area (Å²) in [7, 11) is 1.46. The first-order chi connectivity index (χ1) is 16.9. The van der Waals surface area contributed by atoms with Crippen LogP contribution in [0, 0.1) is 0 Å². The number of hydrogen-bond donors (Lipinski definition) is 4. The van der Waals surface area contributed by atoms with Crippen molar-refractivity contribution in [1.82, 2.24) is 14.9 Å². The summed E-state index contributed by atoms with van der Waals surface area (Å²) in [4.78, 5) is 53.7. The van der Waals surface area contributed by atoms with Crippen LogP contribution in [0.4, 0.5) is 22.0 Å². The van der Waals surface area contributed by atoms with Crippen molar-refractivity contribution in [2.24, 2.45) is 0 Å². The first kappa shape index (κ1) is 25.2. The van der Waals surface area contributed by atoms with E-state index in [0.717, 1.165) is 5.56 Å². The number of H-pyrrole nitrogens is 1. The Balaban J connectivity index is 1.77. The highest BCUT2D eigenvalue weighted by molar-refractivity contribution is 5.96. The smallest absolute Gasteiger partial charge is 0.330 e. The molecule has 5 N–H and O–H groups in total. The van der Waals surface area contributed by atoms with Crippen LogP contribution < -0.4 is 32.5 Å². The summed E-state index contributed by atoms with van der Waals surface area (Å²) in [6.07, 6.45) is -0.109. The van der Waals surface area contributed by atoms with Gasteiger partial charge in [-0.25, -0.2) is 9.59 Å². The molecular weight excluding hydrogens is 452 g/mol. The Hall–Kier alpha value is -4.38. The molecule has 3 rings (SSSR count). The second kappa shape index (κ2) is 12.2. The number of ether oxygens (including phenoxy) is 1. The summed E-state index contributed by atoms with van der Waals surface area (Å²) in [5, 5.41) is 5.26. The van der Waals surface area contributed by atoms with Crippen LogP contribution in [0.25, 0.3) is 0 Å². The van der Waals surface area contributed by atoms with Crippen molar-refractivity contribution in [3.05, 3.63) is 87.1 Å². The fourth-order valence-electron chi connectivity index (χ4n) is 3.42. The maximum absolute atomic E-state index is 13.1. The number of methoxy groups -OCH3 is 1. The Bertz CT molecular complexity index is 1260. The number of hydrogen-bond acceptors (Lipinski definition) is 6. The van der Waals surface area contributed by atoms with E-state index in [-0.39, 0.29) is 44.2 Å². The van der Waals surface area contributed by atoms with E-state index < -0.39 is 23.2 Å². The number of aromatic amines is 1. The summed E-state index contributed by atoms with van der Waals surface area (Å²) in [5.41, 5.74) is 6.03. The first-order valence-electron chi connectivity index (χ1n) is 11.0. The highest BCUT2D eigenvalue weighted by atomic mass is 16.5. The molecule has 35 heavy (non-hydrogen) atoms. The van der Waals surface area contributed by atoms with Gasteiger partial charge >= 0.3 is 11.7 Å². The van der Waals surface area contributed by atoms with Gasteiger partial charge < -0.3 is 26.0 Å². The van der Waals surface area contributed by atoms with Gasteiger partial charge in [-0.3, -0.25) is 19.1 Å². The number of carbonyl (C=O) groups is 2. The van der Waals surface area contributed by atoms with Crippen molar-refractivity contribution in [3.63, 3.8) is 0 Å². The number of para-hydroxylation sites is 1. The molecule has 0 saturated heterocycles. The molecule has 0 aliphatic carbocycles. The van der Waals surface area contributed by atoms with Crippen LogP contribution in [0.15, 0.2) is 70.3 Å². The summed E-state index contributed by atoms with van der Waals surface area (Å²) in [6.45, 7) is 0.290. The fourth-order valence-corrected chi connectivity index (χ4v) is 3.42. The predicted octanol–water partition coefficient (Wildman–Crippen LogP) is 1.36. The average molecular weight is 481 g/mol. The normalized spacial score (nSPS) is 10.5. The van der Waals surface area contributed by atoms with Gasteiger partial charge in [0.2, 0.25) is 5.91 Å². The average Bonchev–Trinajstić information content (AvgIpc) is 2.85. The molecule has 11 heteroatoms. The Kier molecular flexibility index (Phi) is 8.79. The van der Waals surface area contributed by atoms with Crippen molar-refractivity contribution >= 4 is 29.1 Å². The molecule has 1 aromatic heterocycles. The largest absolute Gasteiger partial charge is 0.383 e. The highest BCUT2D eigenvalue weighted by Gasteiger charge is 2.24. The summed E-state index contributed by atoms with van der Waals surface area (Å²) < 4.78 is 6.29. The number of nitrogens with zero attached hydrogens (tertiary/aromatic N) is 2. The van der Waals surface area contributed by atoms with Crippen molar-refractivity contribution in [1.29, 1.82) is 0 Å². The maximum Gasteiger partial charge on any atom is 0.330 e. The van der Waals surface area contributed by atoms with E-state index >= 15 is 0 Å². The SMILES string of the molecule is COCCN(C(=O)CCNC(=O)Nc1ccccc1)c1c(N)n(Cc2ccccc2)c(=O)[nH]c1=O. The van der Waals surface area contributed by atoms with Gasteiger partial charge in [-0.2, -0.15) is 0 Å². The Morgan fingerprint density at radius 1 is 1.06 bits per heavy atom. The minimum absolute atomic E-state index is 0.0163. The molecule has 0 spiro atoms. The Labute approximate surface area is 201 Å². The van der Waals surface area contributed by atoms with E-state index in [0.29, 0.717) is 5.69 Å². The number of amides is 3. The number of aromatic nitrogens is 2. The van der Waals surface area contributed by atoms with E-state index in [1.54, 1.807) is 24.3 Å². The third-order valence-corrected chi connectivity index (χ3v) is 5.14. The molecule has 184 valence electrons. The number of urea groups is 1. The quantitative estimate of drug-likeness (QED) is 0.344. The lowest BCUT2D eigenvalue weighted by Gasteiger charge is -2.24. The van der Waals surface area contributed by atoms with E-state index in [9.17, 15) is 19.2 Å². The molecule has 0 unspecified atom stereocenters. The first-order valence-corrected chi connectivity index (χ1v) is 11.0. The van der Waals surface area contributed by atoms with Gasteiger partial charge in [-0.15, -0.1) is 0 Å². The van der Waals surface area contributed by atoms with E-state index in [1.165, 1.54) is 16.6 Å². The summed E-state index contributed by atoms with van der Waals surface area (Å²) in [5.74, 6) is -0.606. The third-order valence-electron chi connectivity index (χ3n) is 5.14. The number of benzene rings is 2. The molecule has 0 atom stereocenters. The van der Waals surface area contributed by atoms with Gasteiger partial charge in [0.25, 0.3) is 5.56 Å². The lowest BCUT2D eigenvalue weighted by atomic mass is 10.2. The van der Waals surface area contributed by atoms with Crippen LogP contribution in [-0.4, -0.2) is 48.3 Å². The summed E-state index contributed by atoms with van der Waals surface area (Å²) in [6, 6.07) is 17.5. The van der Waals surface area contributed by atoms with Crippen molar-refractivity contribution in [2.75, 3.05) is 42.8 Å². The molecule has 0 fully saturated rings. The van der Waals surface area contributed by atoms with Crippen LogP contribution in [0.1, 0.15) is 12.0 Å². The lowest BCUT2D eigenvalue weighted by molar-refractivity contribution is -0.118. The van der Waals surface area contributed by atoms with Gasteiger partial charge in [-0.1, -0.05) is 48.5 Å². The molecule has 0 radical (unpaired) electrons. The van der Waals surface area contributed by atoms with Crippen LogP contribution in [-0.2, 0) is 16.1 Å². The van der Waals surface area contributed by atoms with E-state index in [2.05, 4.69) is 15.6 Å². The number of anilines is 3.